The van der Waals surface area contributed by atoms with Gasteiger partial charge in [-0.25, -0.2) is 0 Å². The summed E-state index contributed by atoms with van der Waals surface area (Å²) in [6, 6.07) is 0.537. The molecule has 2 aliphatic rings. The molecule has 0 amide bonds. The Bertz CT molecular complexity index is 341. The summed E-state index contributed by atoms with van der Waals surface area (Å²) in [5.74, 6) is 1.02. The highest BCUT2D eigenvalue weighted by Crippen LogP contribution is 2.38. The average Bonchev–Trinajstić information content (AvgIpc) is 2.72. The maximum atomic E-state index is 12.4. The zero-order valence-electron chi connectivity index (χ0n) is 13.5. The topological polar surface area (TPSA) is 15.3 Å². The SMILES string of the molecule is CC1CC(C)(C)CCC1NCC1CCN(CC(F)(F)F)C1. The van der Waals surface area contributed by atoms with E-state index in [2.05, 4.69) is 26.1 Å². The minimum absolute atomic E-state index is 0.370. The Morgan fingerprint density at radius 1 is 1.24 bits per heavy atom. The molecule has 1 aliphatic carbocycles. The van der Waals surface area contributed by atoms with E-state index in [9.17, 15) is 13.2 Å². The van der Waals surface area contributed by atoms with Crippen LogP contribution < -0.4 is 5.32 Å². The molecule has 3 atom stereocenters. The summed E-state index contributed by atoms with van der Waals surface area (Å²) in [7, 11) is 0. The predicted molar refractivity (Wildman–Crippen MR) is 79.2 cm³/mol. The Morgan fingerprint density at radius 2 is 1.95 bits per heavy atom. The molecule has 2 rings (SSSR count). The van der Waals surface area contributed by atoms with Crippen molar-refractivity contribution in [2.24, 2.45) is 17.3 Å². The second-order valence-corrected chi connectivity index (χ2v) is 7.90. The van der Waals surface area contributed by atoms with E-state index in [1.807, 2.05) is 0 Å². The van der Waals surface area contributed by atoms with E-state index in [0.29, 0.717) is 36.4 Å². The van der Waals surface area contributed by atoms with Gasteiger partial charge in [0.1, 0.15) is 0 Å². The number of alkyl halides is 3. The highest BCUT2D eigenvalue weighted by Gasteiger charge is 2.35. The van der Waals surface area contributed by atoms with Gasteiger partial charge in [-0.05, 0) is 56.0 Å². The first-order chi connectivity index (χ1) is 9.65. The predicted octanol–water partition coefficient (Wildman–Crippen LogP) is 3.68. The largest absolute Gasteiger partial charge is 0.401 e. The van der Waals surface area contributed by atoms with Gasteiger partial charge in [0.2, 0.25) is 0 Å². The van der Waals surface area contributed by atoms with Crippen LogP contribution in [0.25, 0.3) is 0 Å². The minimum atomic E-state index is -4.06. The van der Waals surface area contributed by atoms with Gasteiger partial charge in [0.15, 0.2) is 0 Å². The molecule has 1 N–H and O–H groups in total. The lowest BCUT2D eigenvalue weighted by atomic mass is 9.70. The molecule has 2 fully saturated rings. The van der Waals surface area contributed by atoms with Crippen molar-refractivity contribution in [2.75, 3.05) is 26.2 Å². The number of halogens is 3. The summed E-state index contributed by atoms with van der Waals surface area (Å²) < 4.78 is 37.1. The van der Waals surface area contributed by atoms with E-state index in [1.54, 1.807) is 4.90 Å². The Hall–Kier alpha value is -0.290. The molecule has 3 unspecified atom stereocenters. The Labute approximate surface area is 126 Å². The molecule has 0 radical (unpaired) electrons. The van der Waals surface area contributed by atoms with E-state index < -0.39 is 12.7 Å². The Morgan fingerprint density at radius 3 is 2.57 bits per heavy atom. The lowest BCUT2D eigenvalue weighted by Crippen LogP contribution is -2.43. The van der Waals surface area contributed by atoms with E-state index in [1.165, 1.54) is 19.3 Å². The van der Waals surface area contributed by atoms with Gasteiger partial charge in [0.25, 0.3) is 0 Å². The van der Waals surface area contributed by atoms with Crippen LogP contribution in [0.5, 0.6) is 0 Å². The van der Waals surface area contributed by atoms with Crippen LogP contribution in [0.15, 0.2) is 0 Å². The number of nitrogens with zero attached hydrogens (tertiary/aromatic N) is 1. The summed E-state index contributed by atoms with van der Waals surface area (Å²) in [5.41, 5.74) is 0.439. The molecule has 5 heteroatoms. The Kier molecular flexibility index (Phi) is 5.24. The van der Waals surface area contributed by atoms with Crippen molar-refractivity contribution in [1.82, 2.24) is 10.2 Å². The molecule has 0 spiro atoms. The highest BCUT2D eigenvalue weighted by molar-refractivity contribution is 4.88. The van der Waals surface area contributed by atoms with E-state index in [4.69, 9.17) is 0 Å². The standard InChI is InChI=1S/C16H29F3N2/c1-12-8-15(2,3)6-4-14(12)20-9-13-5-7-21(10-13)11-16(17,18)19/h12-14,20H,4-11H2,1-3H3. The number of nitrogens with one attached hydrogen (secondary N) is 1. The van der Waals surface area contributed by atoms with Crippen LogP contribution in [0, 0.1) is 17.3 Å². The van der Waals surface area contributed by atoms with Gasteiger partial charge in [0, 0.05) is 12.6 Å². The molecule has 1 heterocycles. The Balaban J connectivity index is 1.70. The van der Waals surface area contributed by atoms with E-state index >= 15 is 0 Å². The van der Waals surface area contributed by atoms with Crippen LogP contribution in [0.3, 0.4) is 0 Å². The van der Waals surface area contributed by atoms with Crippen molar-refractivity contribution >= 4 is 0 Å². The summed E-state index contributed by atoms with van der Waals surface area (Å²) in [6.45, 7) is 8.22. The van der Waals surface area contributed by atoms with Gasteiger partial charge in [-0.2, -0.15) is 13.2 Å². The van der Waals surface area contributed by atoms with E-state index in [0.717, 1.165) is 13.0 Å². The van der Waals surface area contributed by atoms with Gasteiger partial charge in [-0.3, -0.25) is 4.90 Å². The number of hydrogen-bond acceptors (Lipinski definition) is 2. The molecule has 1 saturated carbocycles. The quantitative estimate of drug-likeness (QED) is 0.852. The summed E-state index contributed by atoms with van der Waals surface area (Å²) in [4.78, 5) is 1.54. The number of likely N-dealkylation sites (tertiary alicyclic amines) is 1. The van der Waals surface area contributed by atoms with Crippen LogP contribution >= 0.6 is 0 Å². The van der Waals surface area contributed by atoms with Crippen LogP contribution in [0.2, 0.25) is 0 Å². The fourth-order valence-electron chi connectivity index (χ4n) is 4.04. The third-order valence-corrected chi connectivity index (χ3v) is 5.14. The van der Waals surface area contributed by atoms with Crippen molar-refractivity contribution in [1.29, 1.82) is 0 Å². The molecule has 21 heavy (non-hydrogen) atoms. The van der Waals surface area contributed by atoms with Gasteiger partial charge >= 0.3 is 6.18 Å². The monoisotopic (exact) mass is 306 g/mol. The summed E-state index contributed by atoms with van der Waals surface area (Å²) >= 11 is 0. The molecule has 0 aromatic rings. The molecule has 1 aliphatic heterocycles. The third kappa shape index (κ3) is 5.44. The van der Waals surface area contributed by atoms with Gasteiger partial charge in [0.05, 0.1) is 6.54 Å². The maximum Gasteiger partial charge on any atom is 0.401 e. The molecule has 0 bridgehead atoms. The molecule has 1 saturated heterocycles. The first-order valence-electron chi connectivity index (χ1n) is 8.17. The van der Waals surface area contributed by atoms with Crippen molar-refractivity contribution in [2.45, 2.75) is 58.7 Å². The smallest absolute Gasteiger partial charge is 0.313 e. The van der Waals surface area contributed by atoms with Crippen LogP contribution in [-0.2, 0) is 0 Å². The normalized spacial score (nSPS) is 34.3. The van der Waals surface area contributed by atoms with Gasteiger partial charge in [-0.15, -0.1) is 0 Å². The summed E-state index contributed by atoms with van der Waals surface area (Å²) in [6.07, 6.45) is 0.476. The maximum absolute atomic E-state index is 12.4. The van der Waals surface area contributed by atoms with Crippen molar-refractivity contribution in [3.8, 4) is 0 Å². The van der Waals surface area contributed by atoms with Crippen LogP contribution in [0.1, 0.15) is 46.5 Å². The first kappa shape index (κ1) is 17.1. The first-order valence-corrected chi connectivity index (χ1v) is 8.17. The lowest BCUT2D eigenvalue weighted by molar-refractivity contribution is -0.143. The second kappa shape index (κ2) is 6.45. The van der Waals surface area contributed by atoms with Gasteiger partial charge < -0.3 is 5.32 Å². The zero-order chi connectivity index (χ0) is 15.7. The second-order valence-electron chi connectivity index (χ2n) is 7.90. The lowest BCUT2D eigenvalue weighted by Gasteiger charge is -2.40. The summed E-state index contributed by atoms with van der Waals surface area (Å²) in [5, 5.41) is 3.63. The highest BCUT2D eigenvalue weighted by atomic mass is 19.4. The zero-order valence-corrected chi connectivity index (χ0v) is 13.5. The fourth-order valence-corrected chi connectivity index (χ4v) is 4.04. The van der Waals surface area contributed by atoms with Crippen molar-refractivity contribution in [3.63, 3.8) is 0 Å². The number of hydrogen-bond donors (Lipinski definition) is 1. The average molecular weight is 306 g/mol. The van der Waals surface area contributed by atoms with Gasteiger partial charge in [-0.1, -0.05) is 20.8 Å². The van der Waals surface area contributed by atoms with Crippen LogP contribution in [0.4, 0.5) is 13.2 Å². The van der Waals surface area contributed by atoms with Crippen LogP contribution in [-0.4, -0.2) is 43.3 Å². The molecular weight excluding hydrogens is 277 g/mol. The fraction of sp³-hybridized carbons (Fsp3) is 1.00. The third-order valence-electron chi connectivity index (χ3n) is 5.14. The van der Waals surface area contributed by atoms with Crippen molar-refractivity contribution < 1.29 is 13.2 Å². The molecule has 0 aromatic heterocycles. The molecule has 124 valence electrons. The molecule has 0 aromatic carbocycles. The molecule has 2 nitrogen and oxygen atoms in total. The van der Waals surface area contributed by atoms with E-state index in [-0.39, 0.29) is 0 Å². The van der Waals surface area contributed by atoms with Crippen molar-refractivity contribution in [3.05, 3.63) is 0 Å². The molecular formula is C16H29F3N2. The minimum Gasteiger partial charge on any atom is -0.313 e. The number of rotatable bonds is 4.